The smallest absolute Gasteiger partial charge is 0.407 e. The zero-order valence-electron chi connectivity index (χ0n) is 16.8. The minimum Gasteiger partial charge on any atom is -0.444 e. The Balaban J connectivity index is 2.21. The Bertz CT molecular complexity index is 434. The number of carbonyl (C=O) groups is 1. The molecule has 0 aromatic heterocycles. The quantitative estimate of drug-likeness (QED) is 0.385. The molecule has 1 aliphatic heterocycles. The highest BCUT2D eigenvalue weighted by atomic mass is 16.6. The minimum absolute atomic E-state index is 0.398. The van der Waals surface area contributed by atoms with Crippen molar-refractivity contribution in [2.24, 2.45) is 10.9 Å². The fourth-order valence-electron chi connectivity index (χ4n) is 2.88. The van der Waals surface area contributed by atoms with Gasteiger partial charge in [0.2, 0.25) is 0 Å². The van der Waals surface area contributed by atoms with Crippen LogP contribution in [0.2, 0.25) is 0 Å². The largest absolute Gasteiger partial charge is 0.444 e. The van der Waals surface area contributed by atoms with Crippen molar-refractivity contribution in [2.45, 2.75) is 59.1 Å². The van der Waals surface area contributed by atoms with Gasteiger partial charge in [0.15, 0.2) is 5.96 Å². The first-order valence-electron chi connectivity index (χ1n) is 9.36. The highest BCUT2D eigenvalue weighted by molar-refractivity contribution is 5.79. The lowest BCUT2D eigenvalue weighted by molar-refractivity contribution is 0.0529. The number of piperidine rings is 1. The van der Waals surface area contributed by atoms with E-state index in [0.29, 0.717) is 19.1 Å². The van der Waals surface area contributed by atoms with Crippen molar-refractivity contribution < 1.29 is 9.53 Å². The fraction of sp³-hybridized carbons (Fsp3) is 0.889. The average molecular weight is 356 g/mol. The molecule has 1 saturated heterocycles. The zero-order valence-corrected chi connectivity index (χ0v) is 16.8. The monoisotopic (exact) mass is 355 g/mol. The van der Waals surface area contributed by atoms with Crippen molar-refractivity contribution in [3.63, 3.8) is 0 Å². The first-order chi connectivity index (χ1) is 11.7. The minimum atomic E-state index is -0.475. The van der Waals surface area contributed by atoms with Gasteiger partial charge < -0.3 is 20.7 Å². The van der Waals surface area contributed by atoms with Gasteiger partial charge in [-0.05, 0) is 53.0 Å². The molecular formula is C18H37N5O2. The molecule has 1 heterocycles. The van der Waals surface area contributed by atoms with E-state index >= 15 is 0 Å². The van der Waals surface area contributed by atoms with Gasteiger partial charge >= 0.3 is 6.09 Å². The number of nitrogens with one attached hydrogen (secondary N) is 3. The van der Waals surface area contributed by atoms with Crippen LogP contribution in [0.4, 0.5) is 4.79 Å². The van der Waals surface area contributed by atoms with Crippen LogP contribution in [-0.2, 0) is 4.74 Å². The molecule has 0 radical (unpaired) electrons. The molecule has 0 saturated carbocycles. The standard InChI is InChI=1S/C18H37N5O2/c1-14-8-7-11-23(13-14)15(2)12-22-16(19-6)20-9-10-21-17(24)25-18(3,4)5/h14-15H,7-13H2,1-6H3,(H,21,24)(H2,19,20,22). The van der Waals surface area contributed by atoms with Crippen LogP contribution in [0.5, 0.6) is 0 Å². The van der Waals surface area contributed by atoms with Gasteiger partial charge in [-0.15, -0.1) is 0 Å². The molecule has 0 aliphatic carbocycles. The highest BCUT2D eigenvalue weighted by Crippen LogP contribution is 2.17. The summed E-state index contributed by atoms with van der Waals surface area (Å²) in [4.78, 5) is 18.3. The number of hydrogen-bond donors (Lipinski definition) is 3. The van der Waals surface area contributed by atoms with E-state index < -0.39 is 11.7 Å². The SMILES string of the molecule is CN=C(NCCNC(=O)OC(C)(C)C)NCC(C)N1CCCC(C)C1. The molecule has 146 valence electrons. The molecule has 25 heavy (non-hydrogen) atoms. The van der Waals surface area contributed by atoms with Crippen LogP contribution in [0.15, 0.2) is 4.99 Å². The first-order valence-corrected chi connectivity index (χ1v) is 9.36. The van der Waals surface area contributed by atoms with Gasteiger partial charge in [-0.25, -0.2) is 4.79 Å². The van der Waals surface area contributed by atoms with Crippen molar-refractivity contribution in [1.29, 1.82) is 0 Å². The third kappa shape index (κ3) is 9.53. The molecule has 1 amide bonds. The maximum absolute atomic E-state index is 11.6. The average Bonchev–Trinajstić information content (AvgIpc) is 2.52. The van der Waals surface area contributed by atoms with E-state index in [2.05, 4.69) is 39.7 Å². The Morgan fingerprint density at radius 3 is 2.56 bits per heavy atom. The van der Waals surface area contributed by atoms with Crippen LogP contribution in [-0.4, -0.2) is 68.4 Å². The molecule has 0 bridgehead atoms. The number of carbonyl (C=O) groups excluding carboxylic acids is 1. The van der Waals surface area contributed by atoms with Crippen molar-refractivity contribution >= 4 is 12.1 Å². The predicted molar refractivity (Wildman–Crippen MR) is 103 cm³/mol. The van der Waals surface area contributed by atoms with Gasteiger partial charge in [-0.2, -0.15) is 0 Å². The first kappa shape index (κ1) is 21.5. The highest BCUT2D eigenvalue weighted by Gasteiger charge is 2.21. The summed E-state index contributed by atoms with van der Waals surface area (Å²) in [6, 6.07) is 0.473. The third-order valence-corrected chi connectivity index (χ3v) is 4.19. The molecule has 0 aromatic rings. The summed E-state index contributed by atoms with van der Waals surface area (Å²) in [6.07, 6.45) is 2.23. The molecule has 7 nitrogen and oxygen atoms in total. The number of aliphatic imine (C=N–C) groups is 1. The number of hydrogen-bond acceptors (Lipinski definition) is 4. The van der Waals surface area contributed by atoms with E-state index in [1.165, 1.54) is 25.9 Å². The van der Waals surface area contributed by atoms with Crippen molar-refractivity contribution in [1.82, 2.24) is 20.9 Å². The Kier molecular flexibility index (Phi) is 9.03. The van der Waals surface area contributed by atoms with Gasteiger partial charge in [-0.3, -0.25) is 9.89 Å². The van der Waals surface area contributed by atoms with E-state index in [1.54, 1.807) is 7.05 Å². The Morgan fingerprint density at radius 2 is 1.96 bits per heavy atom. The van der Waals surface area contributed by atoms with Gasteiger partial charge in [0, 0.05) is 39.3 Å². The van der Waals surface area contributed by atoms with E-state index in [1.807, 2.05) is 20.8 Å². The molecule has 7 heteroatoms. The van der Waals surface area contributed by atoms with E-state index in [9.17, 15) is 4.79 Å². The van der Waals surface area contributed by atoms with Crippen LogP contribution < -0.4 is 16.0 Å². The van der Waals surface area contributed by atoms with Gasteiger partial charge in [0.25, 0.3) is 0 Å². The predicted octanol–water partition coefficient (Wildman–Crippen LogP) is 1.80. The molecule has 2 atom stereocenters. The summed E-state index contributed by atoms with van der Waals surface area (Å²) in [6.45, 7) is 14.4. The Morgan fingerprint density at radius 1 is 1.28 bits per heavy atom. The van der Waals surface area contributed by atoms with E-state index in [4.69, 9.17) is 4.74 Å². The molecule has 0 aromatic carbocycles. The van der Waals surface area contributed by atoms with Crippen LogP contribution in [0.3, 0.4) is 0 Å². The molecule has 1 fully saturated rings. The topological polar surface area (TPSA) is 78.0 Å². The number of likely N-dealkylation sites (tertiary alicyclic amines) is 1. The number of rotatable bonds is 6. The van der Waals surface area contributed by atoms with E-state index in [0.717, 1.165) is 18.4 Å². The maximum Gasteiger partial charge on any atom is 0.407 e. The second-order valence-corrected chi connectivity index (χ2v) is 7.90. The second-order valence-electron chi connectivity index (χ2n) is 7.90. The molecule has 1 rings (SSSR count). The van der Waals surface area contributed by atoms with Crippen molar-refractivity contribution in [2.75, 3.05) is 39.8 Å². The third-order valence-electron chi connectivity index (χ3n) is 4.19. The van der Waals surface area contributed by atoms with Crippen LogP contribution in [0.1, 0.15) is 47.5 Å². The molecular weight excluding hydrogens is 318 g/mol. The van der Waals surface area contributed by atoms with Gasteiger partial charge in [0.05, 0.1) is 0 Å². The maximum atomic E-state index is 11.6. The summed E-state index contributed by atoms with van der Waals surface area (Å²) >= 11 is 0. The molecule has 1 aliphatic rings. The fourth-order valence-corrected chi connectivity index (χ4v) is 2.88. The number of guanidine groups is 1. The molecule has 3 N–H and O–H groups in total. The summed E-state index contributed by atoms with van der Waals surface area (Å²) in [5, 5.41) is 9.29. The summed E-state index contributed by atoms with van der Waals surface area (Å²) < 4.78 is 5.20. The zero-order chi connectivity index (χ0) is 18.9. The lowest BCUT2D eigenvalue weighted by Gasteiger charge is -2.35. The Hall–Kier alpha value is -1.50. The number of ether oxygens (including phenoxy) is 1. The molecule has 0 spiro atoms. The second kappa shape index (κ2) is 10.5. The lowest BCUT2D eigenvalue weighted by atomic mass is 9.99. The normalized spacial score (nSPS) is 20.7. The van der Waals surface area contributed by atoms with Crippen molar-refractivity contribution in [3.8, 4) is 0 Å². The van der Waals surface area contributed by atoms with Crippen LogP contribution in [0, 0.1) is 5.92 Å². The molecule has 2 unspecified atom stereocenters. The van der Waals surface area contributed by atoms with Crippen molar-refractivity contribution in [3.05, 3.63) is 0 Å². The number of nitrogens with zero attached hydrogens (tertiary/aromatic N) is 2. The van der Waals surface area contributed by atoms with Crippen LogP contribution >= 0.6 is 0 Å². The summed E-state index contributed by atoms with van der Waals surface area (Å²) in [5.41, 5.74) is -0.475. The summed E-state index contributed by atoms with van der Waals surface area (Å²) in [5.74, 6) is 1.54. The summed E-state index contributed by atoms with van der Waals surface area (Å²) in [7, 11) is 1.75. The van der Waals surface area contributed by atoms with Gasteiger partial charge in [0.1, 0.15) is 5.60 Å². The van der Waals surface area contributed by atoms with Crippen LogP contribution in [0.25, 0.3) is 0 Å². The lowest BCUT2D eigenvalue weighted by Crippen LogP contribution is -2.49. The number of alkyl carbamates (subject to hydrolysis) is 1. The van der Waals surface area contributed by atoms with Gasteiger partial charge in [-0.1, -0.05) is 6.92 Å². The number of amides is 1. The Labute approximate surface area is 153 Å². The van der Waals surface area contributed by atoms with E-state index in [-0.39, 0.29) is 0 Å².